The first-order valence-corrected chi connectivity index (χ1v) is 10.3. The Labute approximate surface area is 167 Å². The van der Waals surface area contributed by atoms with Gasteiger partial charge in [0.1, 0.15) is 0 Å². The second-order valence-corrected chi connectivity index (χ2v) is 8.85. The van der Waals surface area contributed by atoms with Gasteiger partial charge in [0, 0.05) is 29.5 Å². The third-order valence-corrected chi connectivity index (χ3v) is 7.33. The summed E-state index contributed by atoms with van der Waals surface area (Å²) in [4.78, 5) is 51.2. The highest BCUT2D eigenvalue weighted by molar-refractivity contribution is 6.25. The van der Waals surface area contributed by atoms with Gasteiger partial charge < -0.3 is 0 Å². The highest BCUT2D eigenvalue weighted by Crippen LogP contribution is 2.54. The molecule has 3 aliphatic carbocycles. The van der Waals surface area contributed by atoms with Crippen molar-refractivity contribution < 1.29 is 19.2 Å². The van der Waals surface area contributed by atoms with Crippen molar-refractivity contribution in [1.29, 1.82) is 0 Å². The Kier molecular flexibility index (Phi) is 3.22. The van der Waals surface area contributed by atoms with E-state index in [9.17, 15) is 19.2 Å². The number of allylic oxidation sites excluding steroid dienone is 2. The molecule has 6 heteroatoms. The van der Waals surface area contributed by atoms with Gasteiger partial charge in [0.2, 0.25) is 0 Å². The Bertz CT molecular complexity index is 1030. The fourth-order valence-electron chi connectivity index (χ4n) is 5.58. The van der Waals surface area contributed by atoms with E-state index in [2.05, 4.69) is 12.2 Å². The Morgan fingerprint density at radius 3 is 1.86 bits per heavy atom. The van der Waals surface area contributed by atoms with Gasteiger partial charge in [-0.2, -0.15) is 0 Å². The van der Waals surface area contributed by atoms with Crippen LogP contribution in [-0.4, -0.2) is 35.1 Å². The number of hydrogen-bond acceptors (Lipinski definition) is 4. The van der Waals surface area contributed by atoms with E-state index >= 15 is 0 Å². The van der Waals surface area contributed by atoms with Crippen LogP contribution in [0, 0.1) is 11.8 Å². The van der Waals surface area contributed by atoms with Crippen molar-refractivity contribution in [3.8, 4) is 0 Å². The molecule has 1 aromatic carbocycles. The normalized spacial score (nSPS) is 31.1. The number of hydrogen-bond donors (Lipinski definition) is 1. The summed E-state index contributed by atoms with van der Waals surface area (Å²) in [5, 5.41) is 2.32. The molecular weight excluding hydrogens is 368 g/mol. The van der Waals surface area contributed by atoms with Crippen molar-refractivity contribution in [1.82, 2.24) is 10.2 Å². The fraction of sp³-hybridized carbons (Fsp3) is 0.391. The molecule has 2 aliphatic heterocycles. The summed E-state index contributed by atoms with van der Waals surface area (Å²) in [5.41, 5.74) is 3.70. The van der Waals surface area contributed by atoms with Gasteiger partial charge in [0.25, 0.3) is 23.6 Å². The van der Waals surface area contributed by atoms with Gasteiger partial charge in [-0.05, 0) is 47.9 Å². The summed E-state index contributed by atoms with van der Waals surface area (Å²) in [6.07, 6.45) is 7.10. The molecule has 0 bridgehead atoms. The lowest BCUT2D eigenvalue weighted by molar-refractivity contribution is -0.138. The number of carbonyl (C=O) groups excluding carboxylic acids is 4. The lowest BCUT2D eigenvalue weighted by Gasteiger charge is -2.39. The first-order chi connectivity index (χ1) is 14.0. The lowest BCUT2D eigenvalue weighted by Crippen LogP contribution is -2.39. The van der Waals surface area contributed by atoms with E-state index in [0.717, 1.165) is 36.3 Å². The van der Waals surface area contributed by atoms with Crippen LogP contribution < -0.4 is 5.32 Å². The Balaban J connectivity index is 1.32. The van der Waals surface area contributed by atoms with E-state index in [4.69, 9.17) is 0 Å². The third kappa shape index (κ3) is 2.11. The number of fused-ring (bicyclic) bond motifs is 6. The molecule has 1 N–H and O–H groups in total. The van der Waals surface area contributed by atoms with Gasteiger partial charge in [-0.1, -0.05) is 25.5 Å². The highest BCUT2D eigenvalue weighted by atomic mass is 16.2. The molecule has 2 heterocycles. The Morgan fingerprint density at radius 2 is 1.38 bits per heavy atom. The van der Waals surface area contributed by atoms with Crippen LogP contribution in [0.3, 0.4) is 0 Å². The van der Waals surface area contributed by atoms with Gasteiger partial charge >= 0.3 is 0 Å². The number of nitrogens with zero attached hydrogens (tertiary/aromatic N) is 1. The number of nitrogens with one attached hydrogen (secondary N) is 1. The molecule has 6 nitrogen and oxygen atoms in total. The smallest absolute Gasteiger partial charge is 0.261 e. The monoisotopic (exact) mass is 388 g/mol. The maximum absolute atomic E-state index is 12.9. The van der Waals surface area contributed by atoms with Crippen molar-refractivity contribution in [2.45, 2.75) is 38.0 Å². The van der Waals surface area contributed by atoms with Crippen molar-refractivity contribution in [2.24, 2.45) is 11.8 Å². The summed E-state index contributed by atoms with van der Waals surface area (Å²) in [6.45, 7) is 2.69. The van der Waals surface area contributed by atoms with Gasteiger partial charge in [0.05, 0.1) is 11.1 Å². The molecule has 4 amide bonds. The first-order valence-electron chi connectivity index (χ1n) is 10.3. The number of rotatable bonds is 3. The largest absolute Gasteiger partial charge is 0.288 e. The molecule has 0 radical (unpaired) electrons. The van der Waals surface area contributed by atoms with Crippen LogP contribution in [0.5, 0.6) is 0 Å². The van der Waals surface area contributed by atoms with Crippen LogP contribution in [-0.2, 0) is 9.59 Å². The number of amides is 4. The van der Waals surface area contributed by atoms with Gasteiger partial charge in [-0.3, -0.25) is 29.4 Å². The minimum atomic E-state index is -0.375. The van der Waals surface area contributed by atoms with Gasteiger partial charge in [0.15, 0.2) is 0 Å². The van der Waals surface area contributed by atoms with E-state index in [1.165, 1.54) is 4.90 Å². The minimum absolute atomic E-state index is 0.0255. The quantitative estimate of drug-likeness (QED) is 0.806. The maximum atomic E-state index is 12.9. The van der Waals surface area contributed by atoms with E-state index in [1.54, 1.807) is 12.1 Å². The fourth-order valence-corrected chi connectivity index (χ4v) is 5.58. The second-order valence-electron chi connectivity index (χ2n) is 8.85. The molecule has 6 rings (SSSR count). The predicted octanol–water partition coefficient (Wildman–Crippen LogP) is 2.42. The number of benzene rings is 1. The van der Waals surface area contributed by atoms with Crippen molar-refractivity contribution >= 4 is 23.6 Å². The maximum Gasteiger partial charge on any atom is 0.261 e. The van der Waals surface area contributed by atoms with Gasteiger partial charge in [-0.25, -0.2) is 0 Å². The van der Waals surface area contributed by atoms with Crippen LogP contribution in [0.15, 0.2) is 35.4 Å². The zero-order chi connectivity index (χ0) is 20.0. The van der Waals surface area contributed by atoms with Crippen LogP contribution in [0.2, 0.25) is 0 Å². The summed E-state index contributed by atoms with van der Waals surface area (Å²) < 4.78 is 0. The van der Waals surface area contributed by atoms with Crippen molar-refractivity contribution in [3.63, 3.8) is 0 Å². The molecule has 29 heavy (non-hydrogen) atoms. The highest BCUT2D eigenvalue weighted by Gasteiger charge is 2.48. The van der Waals surface area contributed by atoms with Crippen molar-refractivity contribution in [2.75, 3.05) is 6.54 Å². The van der Waals surface area contributed by atoms with Crippen LogP contribution in [0.25, 0.3) is 0 Å². The number of imide groups is 2. The molecule has 0 spiro atoms. The van der Waals surface area contributed by atoms with E-state index < -0.39 is 0 Å². The summed E-state index contributed by atoms with van der Waals surface area (Å²) in [6, 6.07) is 3.53. The van der Waals surface area contributed by atoms with E-state index in [0.29, 0.717) is 34.7 Å². The number of carbonyl (C=O) groups is 4. The topological polar surface area (TPSA) is 83.6 Å². The van der Waals surface area contributed by atoms with Crippen LogP contribution in [0.1, 0.15) is 69.9 Å². The first kappa shape index (κ1) is 16.9. The molecule has 0 unspecified atom stereocenters. The molecule has 1 saturated carbocycles. The predicted molar refractivity (Wildman–Crippen MR) is 103 cm³/mol. The Hall–Kier alpha value is -3.02. The third-order valence-electron chi connectivity index (χ3n) is 7.33. The molecule has 146 valence electrons. The molecule has 2 atom stereocenters. The van der Waals surface area contributed by atoms with Gasteiger partial charge in [-0.15, -0.1) is 0 Å². The van der Waals surface area contributed by atoms with E-state index in [1.807, 2.05) is 12.2 Å². The average molecular weight is 388 g/mol. The molecule has 2 fully saturated rings. The van der Waals surface area contributed by atoms with Crippen molar-refractivity contribution in [3.05, 3.63) is 57.7 Å². The summed E-state index contributed by atoms with van der Waals surface area (Å²) in [5.74, 6) is -0.0502. The van der Waals surface area contributed by atoms with Crippen LogP contribution in [0.4, 0.5) is 0 Å². The summed E-state index contributed by atoms with van der Waals surface area (Å²) >= 11 is 0. The average Bonchev–Trinajstić information content (AvgIpc) is 3.08. The zero-order valence-corrected chi connectivity index (χ0v) is 16.0. The van der Waals surface area contributed by atoms with Crippen LogP contribution >= 0.6 is 0 Å². The molecular formula is C23H20N2O4. The molecule has 5 aliphatic rings. The van der Waals surface area contributed by atoms with E-state index in [-0.39, 0.29) is 35.5 Å². The molecule has 1 aromatic rings. The summed E-state index contributed by atoms with van der Waals surface area (Å²) in [7, 11) is 0. The standard InChI is InChI=1S/C23H20N2O4/c1-2-10-3-11(4-10)9-25-22(28)18-7-14-12-5-16-17(21(27)24-20(16)26)6-13(12)15(14)8-19(18)23(25)29/h5-8,10-11,14-15H,2-4,9H2,1H3,(H,24,26,27)/t10?,11?,14-,15+. The second kappa shape index (κ2) is 5.53. The number of likely N-dealkylation sites (tertiary alicyclic amines) is 1. The zero-order valence-electron chi connectivity index (χ0n) is 16.0. The molecule has 0 aromatic heterocycles. The lowest BCUT2D eigenvalue weighted by atomic mass is 9.63. The SMILES string of the molecule is CCC1CC(CN2C(=O)C3=C[C@@H]4c5cc6c(cc5[C@@H]4C=C3C2=O)C(=O)NC6=O)C1. The Morgan fingerprint density at radius 1 is 0.862 bits per heavy atom. The minimum Gasteiger partial charge on any atom is -0.288 e. The molecule has 1 saturated heterocycles.